The second-order valence-electron chi connectivity index (χ2n) is 7.63. The van der Waals surface area contributed by atoms with E-state index in [1.54, 1.807) is 18.3 Å². The summed E-state index contributed by atoms with van der Waals surface area (Å²) < 4.78 is 14.2. The summed E-state index contributed by atoms with van der Waals surface area (Å²) in [6, 6.07) is 16.5. The van der Waals surface area contributed by atoms with E-state index in [9.17, 15) is 9.18 Å². The predicted molar refractivity (Wildman–Crippen MR) is 118 cm³/mol. The van der Waals surface area contributed by atoms with Crippen LogP contribution in [0.3, 0.4) is 0 Å². The number of amides is 1. The zero-order valence-electron chi connectivity index (χ0n) is 17.2. The first-order valence-corrected chi connectivity index (χ1v) is 10.4. The van der Waals surface area contributed by atoms with Crippen molar-refractivity contribution in [3.63, 3.8) is 0 Å². The molecule has 0 saturated carbocycles. The molecule has 6 nitrogen and oxygen atoms in total. The van der Waals surface area contributed by atoms with E-state index in [0.717, 1.165) is 22.9 Å². The molecule has 1 saturated heterocycles. The molecule has 1 amide bonds. The Hall–Kier alpha value is -3.50. The summed E-state index contributed by atoms with van der Waals surface area (Å²) in [6.07, 6.45) is 2.51. The number of nitrogens with zero attached hydrogens (tertiary/aromatic N) is 4. The van der Waals surface area contributed by atoms with Gasteiger partial charge in [-0.2, -0.15) is 5.26 Å². The normalized spacial score (nSPS) is 14.4. The fourth-order valence-electron chi connectivity index (χ4n) is 3.94. The highest BCUT2D eigenvalue weighted by Gasteiger charge is 2.21. The van der Waals surface area contributed by atoms with E-state index in [0.29, 0.717) is 50.5 Å². The summed E-state index contributed by atoms with van der Waals surface area (Å²) in [5.41, 5.74) is 2.92. The number of piperazine rings is 1. The molecular formula is C24H24FN5O. The van der Waals surface area contributed by atoms with E-state index in [-0.39, 0.29) is 11.7 Å². The maximum Gasteiger partial charge on any atom is 0.234 e. The van der Waals surface area contributed by atoms with E-state index in [4.69, 9.17) is 5.26 Å². The van der Waals surface area contributed by atoms with Gasteiger partial charge in [-0.25, -0.2) is 4.39 Å². The molecule has 7 heteroatoms. The quantitative estimate of drug-likeness (QED) is 0.668. The van der Waals surface area contributed by atoms with Gasteiger partial charge in [0.05, 0.1) is 29.4 Å². The first-order valence-electron chi connectivity index (χ1n) is 10.4. The molecule has 1 aromatic heterocycles. The molecular weight excluding hydrogens is 393 g/mol. The fraction of sp³-hybridized carbons (Fsp3) is 0.292. The molecule has 1 N–H and O–H groups in total. The van der Waals surface area contributed by atoms with Gasteiger partial charge in [-0.3, -0.25) is 14.7 Å². The lowest BCUT2D eigenvalue weighted by Crippen LogP contribution is -2.49. The molecule has 158 valence electrons. The summed E-state index contributed by atoms with van der Waals surface area (Å²) in [7, 11) is 0. The third-order valence-electron chi connectivity index (χ3n) is 5.59. The van der Waals surface area contributed by atoms with Crippen LogP contribution in [0.15, 0.2) is 54.7 Å². The number of nitriles is 1. The molecule has 1 fully saturated rings. The summed E-state index contributed by atoms with van der Waals surface area (Å²) in [5, 5.41) is 13.0. The van der Waals surface area contributed by atoms with Crippen LogP contribution in [0.2, 0.25) is 0 Å². The maximum atomic E-state index is 14.2. The van der Waals surface area contributed by atoms with Gasteiger partial charge < -0.3 is 10.2 Å². The van der Waals surface area contributed by atoms with Crippen LogP contribution >= 0.6 is 0 Å². The van der Waals surface area contributed by atoms with Crippen LogP contribution in [0, 0.1) is 17.1 Å². The highest BCUT2D eigenvalue weighted by Crippen LogP contribution is 2.22. The molecule has 2 aromatic carbocycles. The lowest BCUT2D eigenvalue weighted by atomic mass is 10.1. The van der Waals surface area contributed by atoms with Crippen molar-refractivity contribution in [3.05, 3.63) is 71.7 Å². The van der Waals surface area contributed by atoms with Crippen LogP contribution in [0.1, 0.15) is 11.1 Å². The lowest BCUT2D eigenvalue weighted by molar-refractivity contribution is -0.122. The molecule has 0 spiro atoms. The van der Waals surface area contributed by atoms with Gasteiger partial charge >= 0.3 is 0 Å². The molecule has 1 aliphatic rings. The number of pyridine rings is 1. The van der Waals surface area contributed by atoms with Crippen LogP contribution in [0.4, 0.5) is 10.1 Å². The molecule has 31 heavy (non-hydrogen) atoms. The highest BCUT2D eigenvalue weighted by atomic mass is 19.1. The van der Waals surface area contributed by atoms with Crippen molar-refractivity contribution in [2.24, 2.45) is 0 Å². The zero-order valence-corrected chi connectivity index (χ0v) is 17.2. The standard InChI is InChI=1S/C24H24FN5O/c25-21-15-18(16-26)6-7-22(21)30-13-11-29(12-14-30)17-23(31)27-10-8-20-4-1-3-19-5-2-9-28-24(19)20/h1-7,9,15H,8,10-14,17H2,(H,27,31). The summed E-state index contributed by atoms with van der Waals surface area (Å²) >= 11 is 0. The van der Waals surface area contributed by atoms with Gasteiger partial charge in [0.15, 0.2) is 0 Å². The number of nitrogens with one attached hydrogen (secondary N) is 1. The summed E-state index contributed by atoms with van der Waals surface area (Å²) in [6.45, 7) is 3.53. The van der Waals surface area contributed by atoms with Crippen molar-refractivity contribution in [1.29, 1.82) is 5.26 Å². The molecule has 0 radical (unpaired) electrons. The Kier molecular flexibility index (Phi) is 6.39. The average Bonchev–Trinajstić information content (AvgIpc) is 2.80. The molecule has 2 heterocycles. The second kappa shape index (κ2) is 9.54. The zero-order chi connectivity index (χ0) is 21.6. The van der Waals surface area contributed by atoms with Gasteiger partial charge in [0.1, 0.15) is 5.82 Å². The second-order valence-corrected chi connectivity index (χ2v) is 7.63. The van der Waals surface area contributed by atoms with Crippen LogP contribution in [-0.4, -0.2) is 55.1 Å². The van der Waals surface area contributed by atoms with E-state index in [1.165, 1.54) is 6.07 Å². The molecule has 1 aliphatic heterocycles. The maximum absolute atomic E-state index is 14.2. The molecule has 0 atom stereocenters. The van der Waals surface area contributed by atoms with E-state index in [1.807, 2.05) is 41.3 Å². The largest absolute Gasteiger partial charge is 0.367 e. The van der Waals surface area contributed by atoms with Gasteiger partial charge in [-0.15, -0.1) is 0 Å². The van der Waals surface area contributed by atoms with Crippen molar-refractivity contribution in [1.82, 2.24) is 15.2 Å². The molecule has 3 aromatic rings. The minimum Gasteiger partial charge on any atom is -0.367 e. The summed E-state index contributed by atoms with van der Waals surface area (Å²) in [5.74, 6) is -0.389. The first kappa shape index (κ1) is 20.8. The number of anilines is 1. The van der Waals surface area contributed by atoms with E-state index >= 15 is 0 Å². The van der Waals surface area contributed by atoms with E-state index in [2.05, 4.69) is 15.2 Å². The lowest BCUT2D eigenvalue weighted by Gasteiger charge is -2.35. The number of aromatic nitrogens is 1. The van der Waals surface area contributed by atoms with Crippen LogP contribution in [-0.2, 0) is 11.2 Å². The number of fused-ring (bicyclic) bond motifs is 1. The van der Waals surface area contributed by atoms with Gasteiger partial charge in [0.25, 0.3) is 0 Å². The van der Waals surface area contributed by atoms with Crippen molar-refractivity contribution in [2.45, 2.75) is 6.42 Å². The topological polar surface area (TPSA) is 72.3 Å². The Morgan fingerprint density at radius 1 is 1.13 bits per heavy atom. The number of rotatable bonds is 6. The molecule has 4 rings (SSSR count). The van der Waals surface area contributed by atoms with E-state index < -0.39 is 0 Å². The molecule has 0 aliphatic carbocycles. The number of para-hydroxylation sites is 1. The number of halogens is 1. The van der Waals surface area contributed by atoms with Crippen LogP contribution in [0.5, 0.6) is 0 Å². The Labute approximate surface area is 180 Å². The Balaban J connectivity index is 1.24. The number of benzene rings is 2. The number of carbonyl (C=O) groups excluding carboxylic acids is 1. The fourth-order valence-corrected chi connectivity index (χ4v) is 3.94. The van der Waals surface area contributed by atoms with Crippen LogP contribution < -0.4 is 10.2 Å². The third-order valence-corrected chi connectivity index (χ3v) is 5.59. The van der Waals surface area contributed by atoms with Crippen molar-refractivity contribution in [3.8, 4) is 6.07 Å². The van der Waals surface area contributed by atoms with Crippen molar-refractivity contribution >= 4 is 22.5 Å². The van der Waals surface area contributed by atoms with Crippen LogP contribution in [0.25, 0.3) is 10.9 Å². The van der Waals surface area contributed by atoms with Gasteiger partial charge in [-0.1, -0.05) is 24.3 Å². The number of hydrogen-bond donors (Lipinski definition) is 1. The molecule has 0 unspecified atom stereocenters. The number of carbonyl (C=O) groups is 1. The smallest absolute Gasteiger partial charge is 0.234 e. The Morgan fingerprint density at radius 2 is 1.94 bits per heavy atom. The monoisotopic (exact) mass is 417 g/mol. The van der Waals surface area contributed by atoms with Gasteiger partial charge in [-0.05, 0) is 36.2 Å². The SMILES string of the molecule is N#Cc1ccc(N2CCN(CC(=O)NCCc3cccc4cccnc34)CC2)c(F)c1. The highest BCUT2D eigenvalue weighted by molar-refractivity contribution is 5.82. The first-order chi connectivity index (χ1) is 15.1. The molecule has 0 bridgehead atoms. The average molecular weight is 417 g/mol. The Morgan fingerprint density at radius 3 is 2.71 bits per heavy atom. The van der Waals surface area contributed by atoms with Gasteiger partial charge in [0.2, 0.25) is 5.91 Å². The predicted octanol–water partition coefficient (Wildman–Crippen LogP) is 2.73. The Bertz CT molecular complexity index is 1110. The van der Waals surface area contributed by atoms with Crippen molar-refractivity contribution < 1.29 is 9.18 Å². The minimum atomic E-state index is -0.381. The van der Waals surface area contributed by atoms with Gasteiger partial charge in [0, 0.05) is 44.3 Å². The van der Waals surface area contributed by atoms with Crippen molar-refractivity contribution in [2.75, 3.05) is 44.2 Å². The summed E-state index contributed by atoms with van der Waals surface area (Å²) in [4.78, 5) is 20.9. The third kappa shape index (κ3) is 4.98. The number of hydrogen-bond acceptors (Lipinski definition) is 5. The minimum absolute atomic E-state index is 0.00815.